The van der Waals surface area contributed by atoms with Crippen molar-refractivity contribution in [2.75, 3.05) is 7.11 Å². The van der Waals surface area contributed by atoms with Gasteiger partial charge >= 0.3 is 0 Å². The van der Waals surface area contributed by atoms with Gasteiger partial charge in [-0.3, -0.25) is 4.79 Å². The Hall–Kier alpha value is -3.08. The highest BCUT2D eigenvalue weighted by atomic mass is 16.5. The van der Waals surface area contributed by atoms with E-state index in [9.17, 15) is 9.59 Å². The Kier molecular flexibility index (Phi) is 6.70. The molecule has 162 valence electrons. The van der Waals surface area contributed by atoms with Gasteiger partial charge in [0, 0.05) is 17.2 Å². The minimum Gasteiger partial charge on any atom is -0.493 e. The van der Waals surface area contributed by atoms with Crippen LogP contribution in [0.25, 0.3) is 0 Å². The van der Waals surface area contributed by atoms with Gasteiger partial charge in [-0.05, 0) is 68.2 Å². The number of carbonyl (C=O) groups is 2. The number of nitrogens with one attached hydrogen (secondary N) is 1. The Labute approximate surface area is 183 Å². The topological polar surface area (TPSA) is 64.6 Å². The SMILES string of the molecule is COc1ccc(C(=O)NC2=CC(C=O)CC(c3ccccc3)C2)cc1OC1CCCC1. The minimum atomic E-state index is -0.205. The van der Waals surface area contributed by atoms with Gasteiger partial charge in [0.15, 0.2) is 11.5 Å². The number of hydrogen-bond donors (Lipinski definition) is 1. The van der Waals surface area contributed by atoms with Crippen LogP contribution in [0.4, 0.5) is 0 Å². The van der Waals surface area contributed by atoms with Crippen LogP contribution in [0.1, 0.15) is 60.4 Å². The average Bonchev–Trinajstić information content (AvgIpc) is 3.32. The standard InChI is InChI=1S/C26H29NO4/c1-30-24-12-11-20(16-25(24)31-23-9-5-6-10-23)26(29)27-22-14-18(17-28)13-21(15-22)19-7-3-2-4-8-19/h2-4,7-8,11-12,14,16-18,21,23H,5-6,9-10,13,15H2,1H3,(H,27,29). The van der Waals surface area contributed by atoms with Crippen LogP contribution in [0, 0.1) is 5.92 Å². The lowest BCUT2D eigenvalue weighted by molar-refractivity contribution is -0.110. The van der Waals surface area contributed by atoms with Gasteiger partial charge in [-0.1, -0.05) is 36.4 Å². The number of methoxy groups -OCH3 is 1. The molecule has 0 bridgehead atoms. The third-order valence-electron chi connectivity index (χ3n) is 6.18. The van der Waals surface area contributed by atoms with E-state index in [2.05, 4.69) is 17.4 Å². The van der Waals surface area contributed by atoms with E-state index < -0.39 is 0 Å². The first-order chi connectivity index (χ1) is 15.2. The lowest BCUT2D eigenvalue weighted by Crippen LogP contribution is -2.28. The summed E-state index contributed by atoms with van der Waals surface area (Å²) >= 11 is 0. The zero-order valence-electron chi connectivity index (χ0n) is 17.9. The fourth-order valence-electron chi connectivity index (χ4n) is 4.55. The maximum atomic E-state index is 13.0. The van der Waals surface area contributed by atoms with Crippen molar-refractivity contribution in [2.45, 2.75) is 50.5 Å². The molecule has 5 nitrogen and oxygen atoms in total. The Morgan fingerprint density at radius 2 is 1.84 bits per heavy atom. The van der Waals surface area contributed by atoms with Crippen molar-refractivity contribution in [2.24, 2.45) is 5.92 Å². The summed E-state index contributed by atoms with van der Waals surface area (Å²) in [5, 5.41) is 3.02. The Morgan fingerprint density at radius 1 is 1.06 bits per heavy atom. The van der Waals surface area contributed by atoms with Crippen LogP contribution >= 0.6 is 0 Å². The van der Waals surface area contributed by atoms with Gasteiger partial charge in [0.05, 0.1) is 13.2 Å². The average molecular weight is 420 g/mol. The van der Waals surface area contributed by atoms with Crippen molar-refractivity contribution in [3.05, 3.63) is 71.4 Å². The van der Waals surface area contributed by atoms with Crippen molar-refractivity contribution in [1.82, 2.24) is 5.32 Å². The summed E-state index contributed by atoms with van der Waals surface area (Å²) in [5.74, 6) is 1.03. The molecular formula is C26H29NO4. The fraction of sp³-hybridized carbons (Fsp3) is 0.385. The normalized spacial score (nSPS) is 21.3. The Bertz CT molecular complexity index is 947. The number of benzene rings is 2. The molecule has 0 spiro atoms. The Morgan fingerprint density at radius 3 is 2.55 bits per heavy atom. The first-order valence-electron chi connectivity index (χ1n) is 11.0. The number of amides is 1. The Balaban J connectivity index is 1.50. The molecule has 1 amide bonds. The van der Waals surface area contributed by atoms with E-state index in [1.165, 1.54) is 18.4 Å². The molecule has 1 N–H and O–H groups in total. The van der Waals surface area contributed by atoms with E-state index in [1.54, 1.807) is 25.3 Å². The largest absolute Gasteiger partial charge is 0.493 e. The molecule has 1 fully saturated rings. The molecule has 2 aliphatic rings. The number of aldehydes is 1. The molecule has 5 heteroatoms. The van der Waals surface area contributed by atoms with E-state index in [1.807, 2.05) is 24.3 Å². The number of allylic oxidation sites excluding steroid dienone is 2. The fourth-order valence-corrected chi connectivity index (χ4v) is 4.55. The molecule has 0 heterocycles. The van der Waals surface area contributed by atoms with E-state index in [0.29, 0.717) is 23.5 Å². The summed E-state index contributed by atoms with van der Waals surface area (Å²) < 4.78 is 11.5. The summed E-state index contributed by atoms with van der Waals surface area (Å²) in [6.45, 7) is 0. The van der Waals surface area contributed by atoms with Gasteiger partial charge in [0.25, 0.3) is 5.91 Å². The first kappa shape index (κ1) is 21.2. The monoisotopic (exact) mass is 419 g/mol. The third kappa shape index (κ3) is 5.16. The van der Waals surface area contributed by atoms with Gasteiger partial charge in [0.2, 0.25) is 0 Å². The van der Waals surface area contributed by atoms with Crippen LogP contribution in [-0.4, -0.2) is 25.4 Å². The molecular weight excluding hydrogens is 390 g/mol. The van der Waals surface area contributed by atoms with Gasteiger partial charge in [0.1, 0.15) is 6.29 Å². The highest BCUT2D eigenvalue weighted by Gasteiger charge is 2.25. The van der Waals surface area contributed by atoms with Crippen molar-refractivity contribution in [1.29, 1.82) is 0 Å². The maximum Gasteiger partial charge on any atom is 0.255 e. The van der Waals surface area contributed by atoms with E-state index in [4.69, 9.17) is 9.47 Å². The highest BCUT2D eigenvalue weighted by molar-refractivity contribution is 5.96. The van der Waals surface area contributed by atoms with Crippen LogP contribution in [0.2, 0.25) is 0 Å². The summed E-state index contributed by atoms with van der Waals surface area (Å²) in [5.41, 5.74) is 2.49. The summed E-state index contributed by atoms with van der Waals surface area (Å²) in [4.78, 5) is 24.5. The number of rotatable bonds is 7. The van der Waals surface area contributed by atoms with E-state index in [0.717, 1.165) is 31.2 Å². The minimum absolute atomic E-state index is 0.174. The van der Waals surface area contributed by atoms with Crippen LogP contribution in [0.3, 0.4) is 0 Å². The molecule has 2 aromatic rings. The first-order valence-corrected chi connectivity index (χ1v) is 11.0. The van der Waals surface area contributed by atoms with E-state index in [-0.39, 0.29) is 23.8 Å². The molecule has 0 radical (unpaired) electrons. The van der Waals surface area contributed by atoms with Gasteiger partial charge < -0.3 is 19.6 Å². The van der Waals surface area contributed by atoms with Gasteiger partial charge in [-0.25, -0.2) is 0 Å². The van der Waals surface area contributed by atoms with Gasteiger partial charge in [-0.15, -0.1) is 0 Å². The lowest BCUT2D eigenvalue weighted by atomic mass is 9.81. The van der Waals surface area contributed by atoms with Crippen molar-refractivity contribution in [3.8, 4) is 11.5 Å². The number of carbonyl (C=O) groups excluding carboxylic acids is 2. The zero-order chi connectivity index (χ0) is 21.6. The lowest BCUT2D eigenvalue weighted by Gasteiger charge is -2.27. The second-order valence-electron chi connectivity index (χ2n) is 8.38. The van der Waals surface area contributed by atoms with E-state index >= 15 is 0 Å². The highest BCUT2D eigenvalue weighted by Crippen LogP contribution is 2.35. The molecule has 2 aromatic carbocycles. The van der Waals surface area contributed by atoms with Crippen LogP contribution in [-0.2, 0) is 4.79 Å². The molecule has 0 aromatic heterocycles. The quantitative estimate of drug-likeness (QED) is 0.640. The summed E-state index contributed by atoms with van der Waals surface area (Å²) in [7, 11) is 1.60. The molecule has 2 aliphatic carbocycles. The molecule has 1 saturated carbocycles. The maximum absolute atomic E-state index is 13.0. The third-order valence-corrected chi connectivity index (χ3v) is 6.18. The second-order valence-corrected chi connectivity index (χ2v) is 8.38. The van der Waals surface area contributed by atoms with Crippen LogP contribution < -0.4 is 14.8 Å². The summed E-state index contributed by atoms with van der Waals surface area (Å²) in [6, 6.07) is 15.4. The van der Waals surface area contributed by atoms with Crippen molar-refractivity contribution < 1.29 is 19.1 Å². The number of ether oxygens (including phenoxy) is 2. The summed E-state index contributed by atoms with van der Waals surface area (Å²) in [6.07, 6.45) is 8.86. The van der Waals surface area contributed by atoms with Crippen LogP contribution in [0.5, 0.6) is 11.5 Å². The van der Waals surface area contributed by atoms with Crippen molar-refractivity contribution >= 4 is 12.2 Å². The van der Waals surface area contributed by atoms with Crippen LogP contribution in [0.15, 0.2) is 60.3 Å². The molecule has 2 atom stereocenters. The number of hydrogen-bond acceptors (Lipinski definition) is 4. The predicted molar refractivity (Wildman–Crippen MR) is 119 cm³/mol. The van der Waals surface area contributed by atoms with Gasteiger partial charge in [-0.2, -0.15) is 0 Å². The molecule has 2 unspecified atom stereocenters. The smallest absolute Gasteiger partial charge is 0.255 e. The zero-order valence-corrected chi connectivity index (χ0v) is 17.9. The molecule has 0 aliphatic heterocycles. The van der Waals surface area contributed by atoms with Crippen molar-refractivity contribution in [3.63, 3.8) is 0 Å². The molecule has 4 rings (SSSR count). The molecule has 0 saturated heterocycles. The predicted octanol–water partition coefficient (Wildman–Crippen LogP) is 5.02. The second kappa shape index (κ2) is 9.82. The molecule has 31 heavy (non-hydrogen) atoms.